The number of piperazine rings is 1. The molecular formula is C23H25F3N5O3+. The van der Waals surface area contributed by atoms with Crippen molar-refractivity contribution >= 4 is 23.4 Å². The number of anilines is 1. The Morgan fingerprint density at radius 3 is 2.44 bits per heavy atom. The van der Waals surface area contributed by atoms with Crippen molar-refractivity contribution in [1.82, 2.24) is 14.7 Å². The molecule has 3 aliphatic rings. The predicted molar refractivity (Wildman–Crippen MR) is 115 cm³/mol. The molecule has 0 radical (unpaired) electrons. The maximum Gasteiger partial charge on any atom is 0.433 e. The van der Waals surface area contributed by atoms with Crippen LogP contribution in [-0.4, -0.2) is 68.7 Å². The van der Waals surface area contributed by atoms with Gasteiger partial charge in [0, 0.05) is 12.5 Å². The van der Waals surface area contributed by atoms with E-state index < -0.39 is 40.2 Å². The Balaban J connectivity index is 1.54. The predicted octanol–water partition coefficient (Wildman–Crippen LogP) is 2.93. The van der Waals surface area contributed by atoms with E-state index in [-0.39, 0.29) is 30.1 Å². The van der Waals surface area contributed by atoms with Crippen molar-refractivity contribution in [1.29, 1.82) is 0 Å². The highest BCUT2D eigenvalue weighted by atomic mass is 19.4. The summed E-state index contributed by atoms with van der Waals surface area (Å²) in [7, 11) is 1.66. The summed E-state index contributed by atoms with van der Waals surface area (Å²) in [5.41, 5.74) is -0.302. The number of hydrogen-bond donors (Lipinski definition) is 0. The van der Waals surface area contributed by atoms with Crippen molar-refractivity contribution in [3.8, 4) is 0 Å². The van der Waals surface area contributed by atoms with E-state index in [4.69, 9.17) is 0 Å². The van der Waals surface area contributed by atoms with Gasteiger partial charge in [-0.15, -0.1) is 0 Å². The number of ketones is 1. The number of amides is 3. The molecule has 180 valence electrons. The molecule has 8 nitrogen and oxygen atoms in total. The van der Waals surface area contributed by atoms with Gasteiger partial charge in [0.1, 0.15) is 12.4 Å². The van der Waals surface area contributed by atoms with Crippen molar-refractivity contribution in [2.24, 2.45) is 7.05 Å². The van der Waals surface area contributed by atoms with Crippen LogP contribution in [0.15, 0.2) is 30.3 Å². The van der Waals surface area contributed by atoms with Crippen molar-refractivity contribution in [2.45, 2.75) is 44.4 Å². The van der Waals surface area contributed by atoms with E-state index in [1.54, 1.807) is 13.1 Å². The summed E-state index contributed by atoms with van der Waals surface area (Å²) in [6.07, 6.45) is -4.61. The summed E-state index contributed by atoms with van der Waals surface area (Å²) < 4.78 is 40.8. The molecule has 1 aromatic heterocycles. The number of hydrogen-bond acceptors (Lipinski definition) is 5. The molecule has 3 aliphatic heterocycles. The highest BCUT2D eigenvalue weighted by molar-refractivity contribution is 6.19. The molecule has 4 heterocycles. The van der Waals surface area contributed by atoms with Gasteiger partial charge >= 0.3 is 12.2 Å². The van der Waals surface area contributed by atoms with Crippen LogP contribution in [0.1, 0.15) is 42.5 Å². The SMILES string of the molecule is Cn1nc(C(C)(C)C)cc1C(=O)C1CN2CC3C(=O)N(c4cccc(C(F)(F)F)c4)C(=O)[N+]13C2. The number of rotatable bonds is 3. The number of carbonyl (C=O) groups is 3. The van der Waals surface area contributed by atoms with Crippen LogP contribution in [0.2, 0.25) is 0 Å². The highest BCUT2D eigenvalue weighted by Crippen LogP contribution is 2.45. The number of nitrogens with zero attached hydrogens (tertiary/aromatic N) is 5. The summed E-state index contributed by atoms with van der Waals surface area (Å²) >= 11 is 0. The topological polar surface area (TPSA) is 75.5 Å². The Bertz CT molecular complexity index is 1230. The second kappa shape index (κ2) is 6.98. The minimum atomic E-state index is -4.61. The van der Waals surface area contributed by atoms with Crippen LogP contribution in [0.5, 0.6) is 0 Å². The first-order valence-electron chi connectivity index (χ1n) is 11.0. The van der Waals surface area contributed by atoms with Gasteiger partial charge in [0.25, 0.3) is 5.91 Å². The molecule has 0 N–H and O–H groups in total. The fourth-order valence-electron chi connectivity index (χ4n) is 5.33. The summed E-state index contributed by atoms with van der Waals surface area (Å²) in [4.78, 5) is 43.4. The molecule has 3 fully saturated rings. The molecule has 4 unspecified atom stereocenters. The van der Waals surface area contributed by atoms with Crippen LogP contribution >= 0.6 is 0 Å². The maximum absolute atomic E-state index is 13.7. The van der Waals surface area contributed by atoms with E-state index >= 15 is 0 Å². The lowest BCUT2D eigenvalue weighted by Gasteiger charge is -2.32. The summed E-state index contributed by atoms with van der Waals surface area (Å²) in [5, 5.41) is 4.46. The Morgan fingerprint density at radius 1 is 1.12 bits per heavy atom. The summed E-state index contributed by atoms with van der Waals surface area (Å²) in [6, 6.07) is 3.56. The third kappa shape index (κ3) is 3.06. The number of halogens is 3. The molecule has 34 heavy (non-hydrogen) atoms. The fourth-order valence-corrected chi connectivity index (χ4v) is 5.33. The Kier molecular flexibility index (Phi) is 4.67. The van der Waals surface area contributed by atoms with E-state index in [0.29, 0.717) is 12.2 Å². The number of aromatic nitrogens is 2. The smallest absolute Gasteiger partial charge is 0.286 e. The zero-order valence-corrected chi connectivity index (χ0v) is 19.3. The van der Waals surface area contributed by atoms with E-state index in [1.807, 2.05) is 25.7 Å². The van der Waals surface area contributed by atoms with Crippen LogP contribution in [0, 0.1) is 0 Å². The first kappa shape index (κ1) is 22.7. The molecule has 1 spiro atoms. The number of imide groups is 1. The molecule has 3 amide bonds. The largest absolute Gasteiger partial charge is 0.433 e. The Labute approximate surface area is 194 Å². The van der Waals surface area contributed by atoms with Gasteiger partial charge < -0.3 is 0 Å². The van der Waals surface area contributed by atoms with E-state index in [2.05, 4.69) is 5.10 Å². The Morgan fingerprint density at radius 2 is 1.82 bits per heavy atom. The number of Topliss-reactive ketones (excluding diaryl/α,β-unsaturated/α-hetero) is 1. The standard InChI is InChI=1S/C23H25F3N5O3/c1-22(2,3)18-9-15(28(4)27-18)19(32)16-10-29-11-17-20(33)30(21(34)31(16,17)12-29)14-7-5-6-13(8-14)23(24,25)26/h5-9,16-17H,10-12H2,1-4H3/q+1. The molecule has 3 saturated heterocycles. The van der Waals surface area contributed by atoms with Crippen molar-refractivity contribution in [3.05, 3.63) is 47.3 Å². The zero-order chi connectivity index (χ0) is 24.8. The van der Waals surface area contributed by atoms with Crippen LogP contribution in [0.25, 0.3) is 0 Å². The molecule has 1 aromatic carbocycles. The van der Waals surface area contributed by atoms with Crippen LogP contribution in [0.3, 0.4) is 0 Å². The summed E-state index contributed by atoms with van der Waals surface area (Å²) in [6.45, 7) is 6.67. The number of aryl methyl sites for hydroxylation is 1. The van der Waals surface area contributed by atoms with Crippen molar-refractivity contribution in [3.63, 3.8) is 0 Å². The van der Waals surface area contributed by atoms with Gasteiger partial charge in [-0.2, -0.15) is 23.2 Å². The normalized spacial score (nSPS) is 28.7. The van der Waals surface area contributed by atoms with E-state index in [9.17, 15) is 27.6 Å². The second-order valence-corrected chi connectivity index (χ2v) is 10.3. The van der Waals surface area contributed by atoms with Crippen molar-refractivity contribution < 1.29 is 32.0 Å². The average molecular weight is 476 g/mol. The average Bonchev–Trinajstić information content (AvgIpc) is 3.47. The van der Waals surface area contributed by atoms with E-state index in [0.717, 1.165) is 22.7 Å². The molecule has 2 bridgehead atoms. The first-order chi connectivity index (χ1) is 15.7. The summed E-state index contributed by atoms with van der Waals surface area (Å²) in [5.74, 6) is -0.880. The number of carbonyl (C=O) groups excluding carboxylic acids is 3. The minimum Gasteiger partial charge on any atom is -0.286 e. The van der Waals surface area contributed by atoms with Gasteiger partial charge in [0.05, 0.1) is 30.0 Å². The molecule has 4 atom stereocenters. The molecule has 0 aliphatic carbocycles. The van der Waals surface area contributed by atoms with Crippen LogP contribution < -0.4 is 4.90 Å². The fraction of sp³-hybridized carbons (Fsp3) is 0.478. The van der Waals surface area contributed by atoms with Crippen LogP contribution in [0.4, 0.5) is 23.7 Å². The monoisotopic (exact) mass is 476 g/mol. The van der Waals surface area contributed by atoms with Crippen LogP contribution in [-0.2, 0) is 23.4 Å². The number of alkyl halides is 3. The third-order valence-corrected chi connectivity index (χ3v) is 7.10. The molecule has 11 heteroatoms. The first-order valence-corrected chi connectivity index (χ1v) is 11.0. The molecule has 0 saturated carbocycles. The number of benzene rings is 1. The van der Waals surface area contributed by atoms with Gasteiger partial charge in [-0.25, -0.2) is 14.2 Å². The number of fused-ring (bicyclic) bond motifs is 1. The molecular weight excluding hydrogens is 451 g/mol. The van der Waals surface area contributed by atoms with Gasteiger partial charge in [-0.1, -0.05) is 26.8 Å². The lowest BCUT2D eigenvalue weighted by molar-refractivity contribution is -0.852. The quantitative estimate of drug-likeness (QED) is 0.387. The van der Waals surface area contributed by atoms with Gasteiger partial charge in [-0.3, -0.25) is 14.3 Å². The zero-order valence-electron chi connectivity index (χ0n) is 19.3. The number of quaternary nitrogens is 1. The number of urea groups is 1. The van der Waals surface area contributed by atoms with Gasteiger partial charge in [0.15, 0.2) is 12.1 Å². The van der Waals surface area contributed by atoms with Gasteiger partial charge in [0.2, 0.25) is 5.78 Å². The lowest BCUT2D eigenvalue weighted by Crippen LogP contribution is -2.62. The molecule has 2 aromatic rings. The van der Waals surface area contributed by atoms with E-state index in [1.165, 1.54) is 16.8 Å². The minimum absolute atomic E-state index is 0.132. The highest BCUT2D eigenvalue weighted by Gasteiger charge is 2.73. The third-order valence-electron chi connectivity index (χ3n) is 7.10. The lowest BCUT2D eigenvalue weighted by atomic mass is 9.91. The Hall–Kier alpha value is -3.05. The molecule has 5 rings (SSSR count). The maximum atomic E-state index is 13.7. The second-order valence-electron chi connectivity index (χ2n) is 10.3. The van der Waals surface area contributed by atoms with Gasteiger partial charge in [-0.05, 0) is 24.3 Å². The van der Waals surface area contributed by atoms with Crippen molar-refractivity contribution in [2.75, 3.05) is 24.7 Å².